The number of nitrogens with zero attached hydrogens (tertiary/aromatic N) is 3. The van der Waals surface area contributed by atoms with Gasteiger partial charge in [-0.1, -0.05) is 6.92 Å². The number of rotatable bonds is 3. The molecule has 1 unspecified atom stereocenters. The minimum absolute atomic E-state index is 0.0254. The Morgan fingerprint density at radius 2 is 2.36 bits per heavy atom. The summed E-state index contributed by atoms with van der Waals surface area (Å²) >= 11 is 0. The molecule has 1 heterocycles. The average Bonchev–Trinajstić information content (AvgIpc) is 2.50. The Morgan fingerprint density at radius 3 is 2.91 bits per heavy atom. The standard InChI is InChI=1S/C7H14N4/c1-3-6(8)7-9-5-10-11(7)4-2/h5-6H,3-4,8H2,1-2H3. The molecule has 1 rings (SSSR count). The summed E-state index contributed by atoms with van der Waals surface area (Å²) in [6.45, 7) is 4.91. The van der Waals surface area contributed by atoms with Crippen LogP contribution in [0, 0.1) is 0 Å². The van der Waals surface area contributed by atoms with Crippen LogP contribution in [0.2, 0.25) is 0 Å². The summed E-state index contributed by atoms with van der Waals surface area (Å²) in [6.07, 6.45) is 2.45. The molecule has 0 amide bonds. The zero-order valence-corrected chi connectivity index (χ0v) is 6.99. The van der Waals surface area contributed by atoms with Gasteiger partial charge in [0, 0.05) is 6.54 Å². The van der Waals surface area contributed by atoms with Gasteiger partial charge in [-0.2, -0.15) is 5.10 Å². The molecule has 0 aliphatic carbocycles. The highest BCUT2D eigenvalue weighted by Crippen LogP contribution is 2.08. The van der Waals surface area contributed by atoms with Crippen molar-refractivity contribution in [3.05, 3.63) is 12.2 Å². The van der Waals surface area contributed by atoms with Crippen LogP contribution in [0.4, 0.5) is 0 Å². The van der Waals surface area contributed by atoms with Gasteiger partial charge in [-0.05, 0) is 13.3 Å². The van der Waals surface area contributed by atoms with Crippen molar-refractivity contribution in [3.8, 4) is 0 Å². The van der Waals surface area contributed by atoms with Crippen LogP contribution in [0.1, 0.15) is 32.1 Å². The molecule has 0 spiro atoms. The molecule has 11 heavy (non-hydrogen) atoms. The predicted molar refractivity (Wildman–Crippen MR) is 42.9 cm³/mol. The van der Waals surface area contributed by atoms with Crippen LogP contribution in [-0.4, -0.2) is 14.8 Å². The fourth-order valence-electron chi connectivity index (χ4n) is 0.986. The van der Waals surface area contributed by atoms with Gasteiger partial charge in [0.25, 0.3) is 0 Å². The highest BCUT2D eigenvalue weighted by molar-refractivity contribution is 4.91. The van der Waals surface area contributed by atoms with E-state index in [1.54, 1.807) is 6.33 Å². The van der Waals surface area contributed by atoms with Gasteiger partial charge in [-0.15, -0.1) is 0 Å². The first kappa shape index (κ1) is 8.20. The van der Waals surface area contributed by atoms with Crippen molar-refractivity contribution < 1.29 is 0 Å². The second-order valence-electron chi connectivity index (χ2n) is 2.45. The lowest BCUT2D eigenvalue weighted by molar-refractivity contribution is 0.550. The average molecular weight is 154 g/mol. The molecule has 0 fully saturated rings. The second-order valence-corrected chi connectivity index (χ2v) is 2.45. The van der Waals surface area contributed by atoms with Gasteiger partial charge in [0.1, 0.15) is 12.2 Å². The predicted octanol–water partition coefficient (Wildman–Crippen LogP) is 0.708. The van der Waals surface area contributed by atoms with Gasteiger partial charge < -0.3 is 5.73 Å². The van der Waals surface area contributed by atoms with E-state index in [2.05, 4.69) is 10.1 Å². The molecular weight excluding hydrogens is 140 g/mol. The van der Waals surface area contributed by atoms with Crippen molar-refractivity contribution in [2.45, 2.75) is 32.9 Å². The Morgan fingerprint density at radius 1 is 1.64 bits per heavy atom. The van der Waals surface area contributed by atoms with Crippen molar-refractivity contribution in [1.82, 2.24) is 14.8 Å². The summed E-state index contributed by atoms with van der Waals surface area (Å²) in [7, 11) is 0. The minimum atomic E-state index is 0.0254. The van der Waals surface area contributed by atoms with Crippen molar-refractivity contribution in [2.75, 3.05) is 0 Å². The van der Waals surface area contributed by atoms with Crippen LogP contribution in [0.3, 0.4) is 0 Å². The summed E-state index contributed by atoms with van der Waals surface area (Å²) in [5.74, 6) is 0.884. The molecule has 4 nitrogen and oxygen atoms in total. The van der Waals surface area contributed by atoms with Crippen LogP contribution < -0.4 is 5.73 Å². The summed E-state index contributed by atoms with van der Waals surface area (Å²) in [4.78, 5) is 4.08. The lowest BCUT2D eigenvalue weighted by Gasteiger charge is -2.07. The first-order valence-electron chi connectivity index (χ1n) is 3.92. The third-order valence-electron chi connectivity index (χ3n) is 1.72. The van der Waals surface area contributed by atoms with Gasteiger partial charge in [-0.25, -0.2) is 9.67 Å². The van der Waals surface area contributed by atoms with E-state index in [1.807, 2.05) is 18.5 Å². The first-order valence-corrected chi connectivity index (χ1v) is 3.92. The molecule has 0 aromatic carbocycles. The van der Waals surface area contributed by atoms with Crippen LogP contribution in [-0.2, 0) is 6.54 Å². The van der Waals surface area contributed by atoms with Crippen LogP contribution in [0.15, 0.2) is 6.33 Å². The van der Waals surface area contributed by atoms with E-state index >= 15 is 0 Å². The maximum atomic E-state index is 5.79. The third kappa shape index (κ3) is 1.57. The molecule has 62 valence electrons. The van der Waals surface area contributed by atoms with Crippen molar-refractivity contribution >= 4 is 0 Å². The van der Waals surface area contributed by atoms with Gasteiger partial charge in [0.05, 0.1) is 6.04 Å². The van der Waals surface area contributed by atoms with Crippen molar-refractivity contribution in [1.29, 1.82) is 0 Å². The van der Waals surface area contributed by atoms with Gasteiger partial charge in [0.15, 0.2) is 0 Å². The molecule has 1 aromatic heterocycles. The molecule has 4 heteroatoms. The lowest BCUT2D eigenvalue weighted by Crippen LogP contribution is -2.16. The molecule has 0 saturated heterocycles. The Balaban J connectivity index is 2.83. The molecule has 0 saturated carbocycles. The van der Waals surface area contributed by atoms with Crippen LogP contribution in [0.5, 0.6) is 0 Å². The largest absolute Gasteiger partial charge is 0.321 e. The smallest absolute Gasteiger partial charge is 0.143 e. The van der Waals surface area contributed by atoms with E-state index in [0.717, 1.165) is 18.8 Å². The zero-order chi connectivity index (χ0) is 8.27. The normalized spacial score (nSPS) is 13.4. The lowest BCUT2D eigenvalue weighted by atomic mass is 10.2. The number of nitrogens with two attached hydrogens (primary N) is 1. The maximum absolute atomic E-state index is 5.79. The van der Waals surface area contributed by atoms with Gasteiger partial charge in [0.2, 0.25) is 0 Å². The molecule has 2 N–H and O–H groups in total. The number of aromatic nitrogens is 3. The second kappa shape index (κ2) is 3.48. The maximum Gasteiger partial charge on any atom is 0.143 e. The van der Waals surface area contributed by atoms with E-state index in [9.17, 15) is 0 Å². The first-order chi connectivity index (χ1) is 5.29. The van der Waals surface area contributed by atoms with Gasteiger partial charge in [-0.3, -0.25) is 0 Å². The van der Waals surface area contributed by atoms with Crippen LogP contribution in [0.25, 0.3) is 0 Å². The Kier molecular flexibility index (Phi) is 2.59. The summed E-state index contributed by atoms with van der Waals surface area (Å²) in [6, 6.07) is 0.0254. The molecule has 0 bridgehead atoms. The molecule has 0 aliphatic rings. The summed E-state index contributed by atoms with van der Waals surface area (Å²) in [5, 5.41) is 4.03. The summed E-state index contributed by atoms with van der Waals surface area (Å²) in [5.41, 5.74) is 5.79. The topological polar surface area (TPSA) is 56.7 Å². The molecule has 0 aliphatic heterocycles. The molecular formula is C7H14N4. The Bertz CT molecular complexity index is 218. The van der Waals surface area contributed by atoms with E-state index < -0.39 is 0 Å². The number of hydrogen-bond acceptors (Lipinski definition) is 3. The van der Waals surface area contributed by atoms with Crippen molar-refractivity contribution in [3.63, 3.8) is 0 Å². The van der Waals surface area contributed by atoms with E-state index in [1.165, 1.54) is 0 Å². The van der Waals surface area contributed by atoms with E-state index in [0.29, 0.717) is 0 Å². The molecule has 1 atom stereocenters. The number of aryl methyl sites for hydroxylation is 1. The highest BCUT2D eigenvalue weighted by atomic mass is 15.3. The zero-order valence-electron chi connectivity index (χ0n) is 6.99. The Labute approximate surface area is 66.4 Å². The Hall–Kier alpha value is -0.900. The number of hydrogen-bond donors (Lipinski definition) is 1. The van der Waals surface area contributed by atoms with Gasteiger partial charge >= 0.3 is 0 Å². The van der Waals surface area contributed by atoms with Crippen molar-refractivity contribution in [2.24, 2.45) is 5.73 Å². The summed E-state index contributed by atoms with van der Waals surface area (Å²) < 4.78 is 1.83. The van der Waals surface area contributed by atoms with E-state index in [4.69, 9.17) is 5.73 Å². The fraction of sp³-hybridized carbons (Fsp3) is 0.714. The SMILES string of the molecule is CCC(N)c1ncnn1CC. The van der Waals surface area contributed by atoms with Crippen LogP contribution >= 0.6 is 0 Å². The monoisotopic (exact) mass is 154 g/mol. The molecule has 0 radical (unpaired) electrons. The molecule has 1 aromatic rings. The van der Waals surface area contributed by atoms with E-state index in [-0.39, 0.29) is 6.04 Å². The highest BCUT2D eigenvalue weighted by Gasteiger charge is 2.09. The fourth-order valence-corrected chi connectivity index (χ4v) is 0.986. The third-order valence-corrected chi connectivity index (χ3v) is 1.72. The minimum Gasteiger partial charge on any atom is -0.321 e. The quantitative estimate of drug-likeness (QED) is 0.697.